The quantitative estimate of drug-likeness (QED) is 0.834. The second kappa shape index (κ2) is 4.70. The molecule has 2 nitrogen and oxygen atoms in total. The Morgan fingerprint density at radius 1 is 1.25 bits per heavy atom. The summed E-state index contributed by atoms with van der Waals surface area (Å²) >= 11 is 0. The molecule has 1 aliphatic carbocycles. The van der Waals surface area contributed by atoms with Gasteiger partial charge in [0, 0.05) is 5.56 Å². The molecule has 0 heterocycles. The Kier molecular flexibility index (Phi) is 3.58. The minimum Gasteiger partial charge on any atom is -0.388 e. The number of aliphatic hydroxyl groups is 1. The molecule has 0 radical (unpaired) electrons. The summed E-state index contributed by atoms with van der Waals surface area (Å²) in [5.41, 5.74) is 4.46. The van der Waals surface area contributed by atoms with E-state index in [0.717, 1.165) is 12.0 Å². The van der Waals surface area contributed by atoms with Gasteiger partial charge in [-0.15, -0.1) is 0 Å². The number of ketones is 1. The van der Waals surface area contributed by atoms with Crippen molar-refractivity contribution in [1.29, 1.82) is 0 Å². The molecule has 1 atom stereocenters. The molecule has 1 aromatic carbocycles. The number of rotatable bonds is 2. The average molecular weight is 274 g/mol. The highest BCUT2D eigenvalue weighted by Gasteiger charge is 2.42. The van der Waals surface area contributed by atoms with Gasteiger partial charge in [-0.1, -0.05) is 40.7 Å². The van der Waals surface area contributed by atoms with Crippen molar-refractivity contribution in [2.75, 3.05) is 6.61 Å². The summed E-state index contributed by atoms with van der Waals surface area (Å²) in [5.74, 6) is 0.418. The van der Waals surface area contributed by atoms with Gasteiger partial charge in [0.05, 0.1) is 0 Å². The van der Waals surface area contributed by atoms with Crippen molar-refractivity contribution < 1.29 is 9.90 Å². The molecule has 110 valence electrons. The van der Waals surface area contributed by atoms with E-state index in [1.807, 2.05) is 13.0 Å². The van der Waals surface area contributed by atoms with Crippen LogP contribution in [0, 0.1) is 12.8 Å². The molecule has 2 rings (SSSR count). The SMILES string of the molecule is Cc1cc2c(cc1C(=O)CO)C(C)(C)CC(C)C2(C)C. The largest absolute Gasteiger partial charge is 0.388 e. The molecule has 0 spiro atoms. The zero-order chi connectivity index (χ0) is 15.3. The summed E-state index contributed by atoms with van der Waals surface area (Å²) < 4.78 is 0. The summed E-state index contributed by atoms with van der Waals surface area (Å²) in [6.45, 7) is 12.9. The maximum absolute atomic E-state index is 11.9. The van der Waals surface area contributed by atoms with E-state index in [9.17, 15) is 4.79 Å². The van der Waals surface area contributed by atoms with Gasteiger partial charge in [-0.2, -0.15) is 0 Å². The van der Waals surface area contributed by atoms with Crippen LogP contribution >= 0.6 is 0 Å². The zero-order valence-electron chi connectivity index (χ0n) is 13.5. The number of Topliss-reactive ketones (excluding diaryl/α,β-unsaturated/α-hetero) is 1. The van der Waals surface area contributed by atoms with Crippen LogP contribution in [0.5, 0.6) is 0 Å². The fourth-order valence-electron chi connectivity index (χ4n) is 3.58. The molecule has 1 N–H and O–H groups in total. The van der Waals surface area contributed by atoms with Crippen molar-refractivity contribution in [1.82, 2.24) is 0 Å². The Labute approximate surface area is 122 Å². The van der Waals surface area contributed by atoms with Crippen molar-refractivity contribution in [2.24, 2.45) is 5.92 Å². The number of carbonyl (C=O) groups excluding carboxylic acids is 1. The molecular formula is C18H26O2. The molecule has 0 bridgehead atoms. The Bertz CT molecular complexity index is 553. The first-order valence-corrected chi connectivity index (χ1v) is 7.41. The first-order valence-electron chi connectivity index (χ1n) is 7.41. The van der Waals surface area contributed by atoms with Crippen LogP contribution in [-0.4, -0.2) is 17.5 Å². The molecular weight excluding hydrogens is 248 g/mol. The van der Waals surface area contributed by atoms with Crippen LogP contribution in [0.15, 0.2) is 12.1 Å². The van der Waals surface area contributed by atoms with E-state index in [-0.39, 0.29) is 16.6 Å². The molecule has 0 aliphatic heterocycles. The summed E-state index contributed by atoms with van der Waals surface area (Å²) in [6, 6.07) is 4.19. The Morgan fingerprint density at radius 3 is 2.40 bits per heavy atom. The second-order valence-corrected chi connectivity index (χ2v) is 7.50. The van der Waals surface area contributed by atoms with E-state index in [1.165, 1.54) is 11.1 Å². The normalized spacial score (nSPS) is 23.2. The van der Waals surface area contributed by atoms with Gasteiger partial charge in [-0.25, -0.2) is 0 Å². The van der Waals surface area contributed by atoms with Gasteiger partial charge in [0.2, 0.25) is 0 Å². The van der Waals surface area contributed by atoms with Crippen LogP contribution in [0.2, 0.25) is 0 Å². The number of benzene rings is 1. The van der Waals surface area contributed by atoms with E-state index < -0.39 is 6.61 Å². The maximum atomic E-state index is 11.9. The fraction of sp³-hybridized carbons (Fsp3) is 0.611. The minimum atomic E-state index is -0.417. The summed E-state index contributed by atoms with van der Waals surface area (Å²) in [6.07, 6.45) is 1.11. The Balaban J connectivity index is 2.71. The van der Waals surface area contributed by atoms with E-state index in [4.69, 9.17) is 5.11 Å². The Hall–Kier alpha value is -1.15. The molecule has 0 fully saturated rings. The number of hydrogen-bond donors (Lipinski definition) is 1. The van der Waals surface area contributed by atoms with Crippen LogP contribution in [0.25, 0.3) is 0 Å². The maximum Gasteiger partial charge on any atom is 0.188 e. The summed E-state index contributed by atoms with van der Waals surface area (Å²) in [4.78, 5) is 11.9. The van der Waals surface area contributed by atoms with Crippen LogP contribution < -0.4 is 0 Å². The molecule has 20 heavy (non-hydrogen) atoms. The van der Waals surface area contributed by atoms with Crippen LogP contribution in [0.3, 0.4) is 0 Å². The number of aryl methyl sites for hydroxylation is 1. The molecule has 2 heteroatoms. The monoisotopic (exact) mass is 274 g/mol. The lowest BCUT2D eigenvalue weighted by molar-refractivity contribution is 0.0902. The molecule has 0 saturated heterocycles. The van der Waals surface area contributed by atoms with Crippen LogP contribution in [0.4, 0.5) is 0 Å². The lowest BCUT2D eigenvalue weighted by Crippen LogP contribution is -2.40. The van der Waals surface area contributed by atoms with Crippen LogP contribution in [-0.2, 0) is 10.8 Å². The average Bonchev–Trinajstić information content (AvgIpc) is 2.35. The first kappa shape index (κ1) is 15.2. The van der Waals surface area contributed by atoms with Crippen molar-refractivity contribution in [3.63, 3.8) is 0 Å². The number of hydrogen-bond acceptors (Lipinski definition) is 2. The molecule has 0 amide bonds. The third-order valence-corrected chi connectivity index (χ3v) is 5.28. The van der Waals surface area contributed by atoms with Gasteiger partial charge in [-0.05, 0) is 52.8 Å². The highest BCUT2D eigenvalue weighted by molar-refractivity contribution is 5.98. The molecule has 1 aliphatic rings. The van der Waals surface area contributed by atoms with Gasteiger partial charge >= 0.3 is 0 Å². The van der Waals surface area contributed by atoms with Gasteiger partial charge < -0.3 is 5.11 Å². The van der Waals surface area contributed by atoms with E-state index in [1.54, 1.807) is 0 Å². The van der Waals surface area contributed by atoms with Crippen molar-refractivity contribution >= 4 is 5.78 Å². The predicted octanol–water partition coefficient (Wildman–Crippen LogP) is 3.77. The lowest BCUT2D eigenvalue weighted by Gasteiger charge is -2.47. The molecule has 1 aromatic rings. The zero-order valence-corrected chi connectivity index (χ0v) is 13.5. The van der Waals surface area contributed by atoms with Gasteiger partial charge in [0.15, 0.2) is 5.78 Å². The van der Waals surface area contributed by atoms with Gasteiger partial charge in [0.25, 0.3) is 0 Å². The number of fused-ring (bicyclic) bond motifs is 1. The van der Waals surface area contributed by atoms with Crippen molar-refractivity contribution in [2.45, 2.75) is 58.8 Å². The topological polar surface area (TPSA) is 37.3 Å². The standard InChI is InChI=1S/C18H26O2/c1-11-7-15-14(8-13(11)16(20)10-19)17(3,4)9-12(2)18(15,5)6/h7-8,12,19H,9-10H2,1-6H3. The van der Waals surface area contributed by atoms with Gasteiger partial charge in [-0.3, -0.25) is 4.79 Å². The highest BCUT2D eigenvalue weighted by Crippen LogP contribution is 2.49. The molecule has 0 aromatic heterocycles. The lowest BCUT2D eigenvalue weighted by atomic mass is 9.58. The minimum absolute atomic E-state index is 0.0719. The van der Waals surface area contributed by atoms with E-state index in [0.29, 0.717) is 11.5 Å². The van der Waals surface area contributed by atoms with E-state index >= 15 is 0 Å². The first-order chi connectivity index (χ1) is 9.11. The van der Waals surface area contributed by atoms with Crippen molar-refractivity contribution in [3.8, 4) is 0 Å². The third-order valence-electron chi connectivity index (χ3n) is 5.28. The highest BCUT2D eigenvalue weighted by atomic mass is 16.3. The predicted molar refractivity (Wildman–Crippen MR) is 82.4 cm³/mol. The second-order valence-electron chi connectivity index (χ2n) is 7.50. The smallest absolute Gasteiger partial charge is 0.188 e. The number of carbonyl (C=O) groups is 1. The fourth-order valence-corrected chi connectivity index (χ4v) is 3.58. The van der Waals surface area contributed by atoms with Gasteiger partial charge in [0.1, 0.15) is 6.61 Å². The summed E-state index contributed by atoms with van der Waals surface area (Å²) in [7, 11) is 0. The third kappa shape index (κ3) is 2.20. The molecule has 1 unspecified atom stereocenters. The van der Waals surface area contributed by atoms with Crippen molar-refractivity contribution in [3.05, 3.63) is 34.4 Å². The van der Waals surface area contributed by atoms with Crippen LogP contribution in [0.1, 0.15) is 68.1 Å². The Morgan fingerprint density at radius 2 is 1.85 bits per heavy atom. The molecule has 0 saturated carbocycles. The van der Waals surface area contributed by atoms with E-state index in [2.05, 4.69) is 40.7 Å². The number of aliphatic hydroxyl groups excluding tert-OH is 1. The summed E-state index contributed by atoms with van der Waals surface area (Å²) in [5, 5.41) is 9.14.